The Hall–Kier alpha value is -2.83. The summed E-state index contributed by atoms with van der Waals surface area (Å²) >= 11 is 0. The summed E-state index contributed by atoms with van der Waals surface area (Å²) in [5, 5.41) is 9.11. The van der Waals surface area contributed by atoms with Crippen molar-refractivity contribution in [1.29, 1.82) is 0 Å². The summed E-state index contributed by atoms with van der Waals surface area (Å²) < 4.78 is 16.2. The molecule has 0 saturated carbocycles. The predicted octanol–water partition coefficient (Wildman–Crippen LogP) is 3.52. The van der Waals surface area contributed by atoms with Gasteiger partial charge in [0.2, 0.25) is 0 Å². The Morgan fingerprint density at radius 2 is 2.07 bits per heavy atom. The Labute approximate surface area is 157 Å². The number of fused-ring (bicyclic) bond motifs is 2. The van der Waals surface area contributed by atoms with Gasteiger partial charge in [-0.25, -0.2) is 9.37 Å². The molecule has 4 rings (SSSR count). The van der Waals surface area contributed by atoms with Crippen LogP contribution in [0.3, 0.4) is 0 Å². The lowest BCUT2D eigenvalue weighted by molar-refractivity contribution is 0.0655. The highest BCUT2D eigenvalue weighted by Crippen LogP contribution is 2.28. The molecule has 0 saturated heterocycles. The monoisotopic (exact) mass is 367 g/mol. The normalized spacial score (nSPS) is 16.8. The Morgan fingerprint density at radius 1 is 1.26 bits per heavy atom. The number of aryl methyl sites for hydroxylation is 1. The zero-order valence-electron chi connectivity index (χ0n) is 15.7. The lowest BCUT2D eigenvalue weighted by atomic mass is 10.0. The molecule has 0 spiro atoms. The van der Waals surface area contributed by atoms with Gasteiger partial charge in [-0.05, 0) is 31.4 Å². The van der Waals surface area contributed by atoms with E-state index in [2.05, 4.69) is 33.6 Å². The van der Waals surface area contributed by atoms with E-state index in [1.165, 1.54) is 6.07 Å². The van der Waals surface area contributed by atoms with Gasteiger partial charge < -0.3 is 9.47 Å². The number of carbonyl (C=O) groups is 1. The SMILES string of the molecule is Cc1nnc2n1[C@@H](CC(C)C)CN(C(=O)c1ccc3cccc(F)c3n1)C2. The third-order valence-corrected chi connectivity index (χ3v) is 4.99. The molecule has 1 aromatic carbocycles. The topological polar surface area (TPSA) is 63.9 Å². The fourth-order valence-electron chi connectivity index (χ4n) is 3.84. The van der Waals surface area contributed by atoms with Gasteiger partial charge >= 0.3 is 0 Å². The minimum absolute atomic E-state index is 0.130. The number of para-hydroxylation sites is 1. The number of hydrogen-bond acceptors (Lipinski definition) is 4. The number of pyridine rings is 1. The van der Waals surface area contributed by atoms with Crippen LogP contribution in [0.2, 0.25) is 0 Å². The molecule has 140 valence electrons. The van der Waals surface area contributed by atoms with E-state index < -0.39 is 5.82 Å². The maximum absolute atomic E-state index is 14.1. The highest BCUT2D eigenvalue weighted by molar-refractivity contribution is 5.95. The largest absolute Gasteiger partial charge is 0.328 e. The molecule has 27 heavy (non-hydrogen) atoms. The molecule has 1 aliphatic heterocycles. The highest BCUT2D eigenvalue weighted by atomic mass is 19.1. The number of nitrogens with zero attached hydrogens (tertiary/aromatic N) is 5. The van der Waals surface area contributed by atoms with Gasteiger partial charge in [0.1, 0.15) is 22.9 Å². The van der Waals surface area contributed by atoms with Crippen LogP contribution in [0.5, 0.6) is 0 Å². The molecule has 7 heteroatoms. The van der Waals surface area contributed by atoms with Gasteiger partial charge in [-0.1, -0.05) is 32.0 Å². The van der Waals surface area contributed by atoms with E-state index in [-0.39, 0.29) is 23.2 Å². The maximum atomic E-state index is 14.1. The van der Waals surface area contributed by atoms with Gasteiger partial charge in [0.25, 0.3) is 5.91 Å². The van der Waals surface area contributed by atoms with Crippen LogP contribution in [0, 0.1) is 18.7 Å². The average Bonchev–Trinajstić information content (AvgIpc) is 3.02. The second kappa shape index (κ2) is 6.72. The molecule has 1 aliphatic rings. The number of benzene rings is 1. The number of halogens is 1. The lowest BCUT2D eigenvalue weighted by Crippen LogP contribution is -2.42. The maximum Gasteiger partial charge on any atom is 0.272 e. The van der Waals surface area contributed by atoms with Crippen molar-refractivity contribution in [2.24, 2.45) is 5.92 Å². The van der Waals surface area contributed by atoms with E-state index in [0.717, 1.165) is 18.1 Å². The molecule has 0 aliphatic carbocycles. The van der Waals surface area contributed by atoms with Crippen LogP contribution in [0.25, 0.3) is 10.9 Å². The van der Waals surface area contributed by atoms with Crippen molar-refractivity contribution in [2.75, 3.05) is 6.54 Å². The number of amides is 1. The molecule has 0 bridgehead atoms. The molecule has 1 atom stereocenters. The smallest absolute Gasteiger partial charge is 0.272 e. The van der Waals surface area contributed by atoms with E-state index in [1.54, 1.807) is 29.2 Å². The number of rotatable bonds is 3. The van der Waals surface area contributed by atoms with E-state index in [4.69, 9.17) is 0 Å². The van der Waals surface area contributed by atoms with E-state index in [0.29, 0.717) is 24.4 Å². The van der Waals surface area contributed by atoms with E-state index >= 15 is 0 Å². The first kappa shape index (κ1) is 17.6. The van der Waals surface area contributed by atoms with Gasteiger partial charge in [-0.3, -0.25) is 4.79 Å². The zero-order chi connectivity index (χ0) is 19.1. The number of hydrogen-bond donors (Lipinski definition) is 0. The summed E-state index contributed by atoms with van der Waals surface area (Å²) in [4.78, 5) is 19.1. The van der Waals surface area contributed by atoms with Crippen LogP contribution >= 0.6 is 0 Å². The Kier molecular flexibility index (Phi) is 4.37. The Bertz CT molecular complexity index is 1010. The van der Waals surface area contributed by atoms with Crippen LogP contribution in [-0.4, -0.2) is 37.1 Å². The standard InChI is InChI=1S/C20H22FN5O/c1-12(2)9-15-10-25(11-18-24-23-13(3)26(15)18)20(27)17-8-7-14-5-4-6-16(21)19(14)22-17/h4-8,12,15H,9-11H2,1-3H3/t15-/m0/s1. The second-order valence-corrected chi connectivity index (χ2v) is 7.51. The summed E-state index contributed by atoms with van der Waals surface area (Å²) in [5.74, 6) is 1.50. The van der Waals surface area contributed by atoms with Crippen molar-refractivity contribution < 1.29 is 9.18 Å². The lowest BCUT2D eigenvalue weighted by Gasteiger charge is -2.35. The third kappa shape index (κ3) is 3.18. The molecule has 0 N–H and O–H groups in total. The van der Waals surface area contributed by atoms with Gasteiger partial charge in [-0.2, -0.15) is 0 Å². The van der Waals surface area contributed by atoms with Crippen LogP contribution in [0.15, 0.2) is 30.3 Å². The first-order valence-electron chi connectivity index (χ1n) is 9.19. The quantitative estimate of drug-likeness (QED) is 0.711. The minimum atomic E-state index is -0.422. The molecule has 0 radical (unpaired) electrons. The third-order valence-electron chi connectivity index (χ3n) is 4.99. The fourth-order valence-corrected chi connectivity index (χ4v) is 3.84. The van der Waals surface area contributed by atoms with Crippen LogP contribution in [0.4, 0.5) is 4.39 Å². The van der Waals surface area contributed by atoms with Gasteiger partial charge in [0.15, 0.2) is 5.82 Å². The average molecular weight is 367 g/mol. The van der Waals surface area contributed by atoms with Crippen molar-refractivity contribution in [3.63, 3.8) is 0 Å². The molecule has 6 nitrogen and oxygen atoms in total. The second-order valence-electron chi connectivity index (χ2n) is 7.51. The van der Waals surface area contributed by atoms with Crippen LogP contribution in [0.1, 0.15) is 48.4 Å². The fraction of sp³-hybridized carbons (Fsp3) is 0.400. The molecule has 1 amide bonds. The van der Waals surface area contributed by atoms with E-state index in [1.807, 2.05) is 6.92 Å². The first-order valence-corrected chi connectivity index (χ1v) is 9.19. The van der Waals surface area contributed by atoms with Crippen LogP contribution in [-0.2, 0) is 6.54 Å². The number of aromatic nitrogens is 4. The molecule has 3 aromatic rings. The molecular formula is C20H22FN5O. The van der Waals surface area contributed by atoms with Crippen molar-refractivity contribution in [1.82, 2.24) is 24.6 Å². The molecule has 3 heterocycles. The van der Waals surface area contributed by atoms with Crippen molar-refractivity contribution in [3.05, 3.63) is 53.5 Å². The van der Waals surface area contributed by atoms with Crippen LogP contribution < -0.4 is 0 Å². The van der Waals surface area contributed by atoms with Gasteiger partial charge in [-0.15, -0.1) is 10.2 Å². The van der Waals surface area contributed by atoms with E-state index in [9.17, 15) is 9.18 Å². The van der Waals surface area contributed by atoms with Crippen molar-refractivity contribution in [3.8, 4) is 0 Å². The van der Waals surface area contributed by atoms with Gasteiger partial charge in [0.05, 0.1) is 12.6 Å². The zero-order valence-corrected chi connectivity index (χ0v) is 15.7. The summed E-state index contributed by atoms with van der Waals surface area (Å²) in [7, 11) is 0. The Balaban J connectivity index is 1.67. The summed E-state index contributed by atoms with van der Waals surface area (Å²) in [6.07, 6.45) is 0.926. The molecule has 2 aromatic heterocycles. The summed E-state index contributed by atoms with van der Waals surface area (Å²) in [6.45, 7) is 7.21. The van der Waals surface area contributed by atoms with Gasteiger partial charge in [0, 0.05) is 11.9 Å². The molecular weight excluding hydrogens is 345 g/mol. The Morgan fingerprint density at radius 3 is 2.85 bits per heavy atom. The summed E-state index contributed by atoms with van der Waals surface area (Å²) in [5.41, 5.74) is 0.471. The predicted molar refractivity (Wildman–Crippen MR) is 99.7 cm³/mol. The summed E-state index contributed by atoms with van der Waals surface area (Å²) in [6, 6.07) is 8.30. The first-order chi connectivity index (χ1) is 12.9. The highest BCUT2D eigenvalue weighted by Gasteiger charge is 2.32. The molecule has 0 fully saturated rings. The minimum Gasteiger partial charge on any atom is -0.328 e. The molecule has 0 unspecified atom stereocenters. The number of carbonyl (C=O) groups excluding carboxylic acids is 1. The van der Waals surface area contributed by atoms with Crippen molar-refractivity contribution in [2.45, 2.75) is 39.8 Å². The van der Waals surface area contributed by atoms with Crippen molar-refractivity contribution >= 4 is 16.8 Å².